The molecule has 1 aromatic heterocycles. The van der Waals surface area contributed by atoms with E-state index in [1.54, 1.807) is 0 Å². The van der Waals surface area contributed by atoms with E-state index in [1.165, 1.54) is 19.3 Å². The average Bonchev–Trinajstić information content (AvgIpc) is 2.80. The Kier molecular flexibility index (Phi) is 4.68. The maximum absolute atomic E-state index is 11.0. The molecule has 19 heavy (non-hydrogen) atoms. The number of carbonyl (C=O) groups is 1. The van der Waals surface area contributed by atoms with Crippen LogP contribution in [0.3, 0.4) is 0 Å². The van der Waals surface area contributed by atoms with E-state index >= 15 is 0 Å². The molecule has 106 valence electrons. The Hall–Kier alpha value is -0.810. The lowest BCUT2D eigenvalue weighted by Gasteiger charge is -2.34. The van der Waals surface area contributed by atoms with Gasteiger partial charge in [0.15, 0.2) is 15.2 Å². The zero-order chi connectivity index (χ0) is 14.0. The van der Waals surface area contributed by atoms with Gasteiger partial charge in [0.25, 0.3) is 0 Å². The highest BCUT2D eigenvalue weighted by molar-refractivity contribution is 7.18. The van der Waals surface area contributed by atoms with Crippen LogP contribution in [0.25, 0.3) is 0 Å². The summed E-state index contributed by atoms with van der Waals surface area (Å²) in [5, 5.41) is 9.81. The molecule has 1 aliphatic carbocycles. The van der Waals surface area contributed by atoms with Gasteiger partial charge in [-0.1, -0.05) is 36.3 Å². The van der Waals surface area contributed by atoms with Gasteiger partial charge < -0.3 is 10.0 Å². The fraction of sp³-hybridized carbons (Fsp3) is 0.692. The fourth-order valence-electron chi connectivity index (χ4n) is 2.67. The van der Waals surface area contributed by atoms with Crippen molar-refractivity contribution in [3.63, 3.8) is 0 Å². The molecular weight excluding hydrogens is 284 g/mol. The molecular formula is C13H19ClN2O2S. The first-order valence-electron chi connectivity index (χ1n) is 6.65. The number of anilines is 1. The predicted molar refractivity (Wildman–Crippen MR) is 78.5 cm³/mol. The average molecular weight is 303 g/mol. The van der Waals surface area contributed by atoms with Crippen molar-refractivity contribution >= 4 is 34.0 Å². The summed E-state index contributed by atoms with van der Waals surface area (Å²) in [6.07, 6.45) is 6.04. The third-order valence-electron chi connectivity index (χ3n) is 4.01. The molecule has 4 nitrogen and oxygen atoms in total. The number of halogens is 1. The Morgan fingerprint density at radius 1 is 1.47 bits per heavy atom. The zero-order valence-corrected chi connectivity index (χ0v) is 12.8. The molecule has 0 atom stereocenters. The number of nitrogens with zero attached hydrogens (tertiary/aromatic N) is 2. The monoisotopic (exact) mass is 302 g/mol. The largest absolute Gasteiger partial charge is 0.477 e. The van der Waals surface area contributed by atoms with Gasteiger partial charge in [0.1, 0.15) is 0 Å². The van der Waals surface area contributed by atoms with Gasteiger partial charge in [0, 0.05) is 13.1 Å². The maximum atomic E-state index is 11.0. The van der Waals surface area contributed by atoms with Crippen molar-refractivity contribution in [3.8, 4) is 0 Å². The molecule has 0 radical (unpaired) electrons. The minimum atomic E-state index is -1.00. The molecule has 0 saturated heterocycles. The molecule has 1 aliphatic rings. The van der Waals surface area contributed by atoms with E-state index in [0.29, 0.717) is 11.2 Å². The van der Waals surface area contributed by atoms with E-state index in [2.05, 4.69) is 16.8 Å². The predicted octanol–water partition coefficient (Wildman–Crippen LogP) is 3.90. The summed E-state index contributed by atoms with van der Waals surface area (Å²) in [6.45, 7) is 2.24. The summed E-state index contributed by atoms with van der Waals surface area (Å²) in [5.74, 6) is -0.157. The molecule has 1 saturated carbocycles. The number of aromatic nitrogens is 1. The standard InChI is InChI=1S/C13H19ClN2O2S/c1-3-8-4-6-9(7-5-8)16(2)13-15-11(14)10(19-13)12(17)18/h8-9H,3-7H2,1-2H3,(H,17,18). The second-order valence-electron chi connectivity index (χ2n) is 5.12. The van der Waals surface area contributed by atoms with Crippen LogP contribution in [0.4, 0.5) is 5.13 Å². The van der Waals surface area contributed by atoms with Crippen LogP contribution >= 0.6 is 22.9 Å². The molecule has 0 bridgehead atoms. The molecule has 0 unspecified atom stereocenters. The van der Waals surface area contributed by atoms with E-state index in [9.17, 15) is 4.79 Å². The van der Waals surface area contributed by atoms with Crippen LogP contribution in [0.1, 0.15) is 48.7 Å². The normalized spacial score (nSPS) is 23.3. The zero-order valence-electron chi connectivity index (χ0n) is 11.2. The Balaban J connectivity index is 2.06. The lowest BCUT2D eigenvalue weighted by Crippen LogP contribution is -2.35. The molecule has 0 amide bonds. The van der Waals surface area contributed by atoms with Gasteiger partial charge >= 0.3 is 5.97 Å². The van der Waals surface area contributed by atoms with Crippen LogP contribution < -0.4 is 4.90 Å². The van der Waals surface area contributed by atoms with E-state index in [-0.39, 0.29) is 10.0 Å². The second kappa shape index (κ2) is 6.09. The number of aromatic carboxylic acids is 1. The number of rotatable bonds is 4. The summed E-state index contributed by atoms with van der Waals surface area (Å²) < 4.78 is 0. The van der Waals surface area contributed by atoms with E-state index in [0.717, 1.165) is 30.1 Å². The van der Waals surface area contributed by atoms with Gasteiger partial charge in [0.05, 0.1) is 0 Å². The van der Waals surface area contributed by atoms with Gasteiger partial charge in [-0.25, -0.2) is 9.78 Å². The van der Waals surface area contributed by atoms with Crippen molar-refractivity contribution in [1.82, 2.24) is 4.98 Å². The lowest BCUT2D eigenvalue weighted by atomic mass is 9.84. The van der Waals surface area contributed by atoms with Crippen molar-refractivity contribution in [2.75, 3.05) is 11.9 Å². The van der Waals surface area contributed by atoms with Crippen molar-refractivity contribution in [1.29, 1.82) is 0 Å². The highest BCUT2D eigenvalue weighted by Crippen LogP contribution is 2.35. The fourth-order valence-corrected chi connectivity index (χ4v) is 3.83. The first-order chi connectivity index (χ1) is 9.02. The first kappa shape index (κ1) is 14.6. The second-order valence-corrected chi connectivity index (χ2v) is 6.45. The van der Waals surface area contributed by atoms with Gasteiger partial charge in [-0.05, 0) is 31.6 Å². The number of hydrogen-bond donors (Lipinski definition) is 1. The quantitative estimate of drug-likeness (QED) is 0.916. The molecule has 2 rings (SSSR count). The van der Waals surface area contributed by atoms with Crippen LogP contribution in [-0.4, -0.2) is 29.1 Å². The summed E-state index contributed by atoms with van der Waals surface area (Å²) in [6, 6.07) is 0.451. The minimum absolute atomic E-state index is 0.0987. The van der Waals surface area contributed by atoms with Crippen molar-refractivity contribution in [2.45, 2.75) is 45.1 Å². The molecule has 0 spiro atoms. The van der Waals surface area contributed by atoms with Crippen molar-refractivity contribution in [3.05, 3.63) is 10.0 Å². The van der Waals surface area contributed by atoms with Gasteiger partial charge in [0.2, 0.25) is 0 Å². The van der Waals surface area contributed by atoms with E-state index in [1.807, 2.05) is 7.05 Å². The van der Waals surface area contributed by atoms with Crippen LogP contribution in [-0.2, 0) is 0 Å². The topological polar surface area (TPSA) is 53.4 Å². The Morgan fingerprint density at radius 2 is 2.11 bits per heavy atom. The smallest absolute Gasteiger partial charge is 0.349 e. The highest BCUT2D eigenvalue weighted by Gasteiger charge is 2.26. The number of thiazole rings is 1. The summed E-state index contributed by atoms with van der Waals surface area (Å²) >= 11 is 7.02. The van der Waals surface area contributed by atoms with Crippen LogP contribution in [0.5, 0.6) is 0 Å². The summed E-state index contributed by atoms with van der Waals surface area (Å²) in [5.41, 5.74) is 0. The maximum Gasteiger partial charge on any atom is 0.349 e. The molecule has 1 N–H and O–H groups in total. The molecule has 1 heterocycles. The molecule has 6 heteroatoms. The summed E-state index contributed by atoms with van der Waals surface area (Å²) in [7, 11) is 1.98. The van der Waals surface area contributed by atoms with E-state index < -0.39 is 5.97 Å². The lowest BCUT2D eigenvalue weighted by molar-refractivity contribution is 0.0702. The van der Waals surface area contributed by atoms with Crippen LogP contribution in [0.2, 0.25) is 5.15 Å². The Morgan fingerprint density at radius 3 is 2.58 bits per heavy atom. The van der Waals surface area contributed by atoms with Gasteiger partial charge in [-0.15, -0.1) is 0 Å². The minimum Gasteiger partial charge on any atom is -0.477 e. The highest BCUT2D eigenvalue weighted by atomic mass is 35.5. The SMILES string of the molecule is CCC1CCC(N(C)c2nc(Cl)c(C(=O)O)s2)CC1. The Bertz CT molecular complexity index is 455. The third-order valence-corrected chi connectivity index (χ3v) is 5.53. The molecule has 1 aromatic rings. The first-order valence-corrected chi connectivity index (χ1v) is 7.84. The molecule has 0 aromatic carbocycles. The third kappa shape index (κ3) is 3.20. The number of carboxylic acid groups (broad SMARTS) is 1. The van der Waals surface area contributed by atoms with Gasteiger partial charge in [-0.3, -0.25) is 0 Å². The van der Waals surface area contributed by atoms with Crippen LogP contribution in [0, 0.1) is 5.92 Å². The number of carboxylic acids is 1. The summed E-state index contributed by atoms with van der Waals surface area (Å²) in [4.78, 5) is 17.4. The van der Waals surface area contributed by atoms with Crippen molar-refractivity contribution < 1.29 is 9.90 Å². The van der Waals surface area contributed by atoms with Crippen molar-refractivity contribution in [2.24, 2.45) is 5.92 Å². The number of hydrogen-bond acceptors (Lipinski definition) is 4. The van der Waals surface area contributed by atoms with Crippen LogP contribution in [0.15, 0.2) is 0 Å². The molecule has 0 aliphatic heterocycles. The molecule has 1 fully saturated rings. The Labute approximate surface area is 122 Å². The van der Waals surface area contributed by atoms with Gasteiger partial charge in [-0.2, -0.15) is 0 Å². The van der Waals surface area contributed by atoms with E-state index in [4.69, 9.17) is 16.7 Å².